The van der Waals surface area contributed by atoms with Gasteiger partial charge in [0.05, 0.1) is 38.9 Å². The number of anilines is 3. The number of hydrogen-bond donors (Lipinski definition) is 2. The van der Waals surface area contributed by atoms with Gasteiger partial charge in [0.25, 0.3) is 20.0 Å². The van der Waals surface area contributed by atoms with E-state index in [2.05, 4.69) is 10.0 Å². The highest BCUT2D eigenvalue weighted by atomic mass is 35.5. The second-order valence-corrected chi connectivity index (χ2v) is 13.8. The van der Waals surface area contributed by atoms with Crippen LogP contribution in [-0.4, -0.2) is 36.4 Å². The molecule has 0 saturated carbocycles. The first-order valence-corrected chi connectivity index (χ1v) is 16.3. The lowest BCUT2D eigenvalue weighted by Gasteiger charge is -2.25. The molecule has 0 aromatic heterocycles. The second kappa shape index (κ2) is 13.0. The number of benzene rings is 4. The Labute approximate surface area is 263 Å². The monoisotopic (exact) mass is 681 g/mol. The van der Waals surface area contributed by atoms with Crippen LogP contribution in [-0.2, 0) is 31.0 Å². The summed E-state index contributed by atoms with van der Waals surface area (Å²) in [6.07, 6.45) is -4.89. The lowest BCUT2D eigenvalue weighted by atomic mass is 10.2. The van der Waals surface area contributed by atoms with Crippen molar-refractivity contribution < 1.29 is 39.5 Å². The number of hydrogen-bond acceptors (Lipinski definition) is 6. The number of halogens is 4. The van der Waals surface area contributed by atoms with Gasteiger partial charge in [-0.1, -0.05) is 35.4 Å². The van der Waals surface area contributed by atoms with Crippen molar-refractivity contribution in [3.63, 3.8) is 0 Å². The fraction of sp³-hybridized carbons (Fsp3) is 0.167. The van der Waals surface area contributed by atoms with E-state index in [9.17, 15) is 34.8 Å². The van der Waals surface area contributed by atoms with Gasteiger partial charge in [-0.05, 0) is 86.1 Å². The van der Waals surface area contributed by atoms with Crippen LogP contribution in [0.1, 0.15) is 16.7 Å². The van der Waals surface area contributed by atoms with E-state index in [4.69, 9.17) is 16.3 Å². The van der Waals surface area contributed by atoms with Crippen molar-refractivity contribution in [2.75, 3.05) is 28.0 Å². The van der Waals surface area contributed by atoms with E-state index in [1.54, 1.807) is 32.0 Å². The Balaban J connectivity index is 1.60. The van der Waals surface area contributed by atoms with Crippen LogP contribution in [0.3, 0.4) is 0 Å². The van der Waals surface area contributed by atoms with E-state index in [0.29, 0.717) is 16.1 Å². The highest BCUT2D eigenvalue weighted by Crippen LogP contribution is 2.38. The molecule has 4 rings (SSSR count). The first kappa shape index (κ1) is 33.6. The van der Waals surface area contributed by atoms with Crippen LogP contribution in [0.2, 0.25) is 5.02 Å². The van der Waals surface area contributed by atoms with Gasteiger partial charge in [-0.25, -0.2) is 16.8 Å². The van der Waals surface area contributed by atoms with E-state index in [-0.39, 0.29) is 21.2 Å². The highest BCUT2D eigenvalue weighted by Gasteiger charge is 2.35. The molecule has 0 spiro atoms. The molecule has 4 aromatic carbocycles. The van der Waals surface area contributed by atoms with E-state index in [1.807, 2.05) is 0 Å². The number of nitrogens with one attached hydrogen (secondary N) is 2. The van der Waals surface area contributed by atoms with Crippen molar-refractivity contribution in [3.8, 4) is 5.75 Å². The number of amides is 1. The van der Waals surface area contributed by atoms with Crippen molar-refractivity contribution in [1.29, 1.82) is 0 Å². The standard InChI is InChI=1S/C30H27ClF3N3O6S2/c1-19-4-10-24(11-5-19)45(41,42)37(22-9-14-26(31)25(17-22)30(32,33)34)18-29(38)35-21-7-12-23(13-8-21)44(39,40)36-27-16-20(2)6-15-28(27)43-3/h4-17,36H,18H2,1-3H3,(H,35,38). The lowest BCUT2D eigenvalue weighted by molar-refractivity contribution is -0.137. The number of ether oxygens (including phenoxy) is 1. The van der Waals surface area contributed by atoms with Crippen molar-refractivity contribution in [1.82, 2.24) is 0 Å². The number of sulfonamides is 2. The number of alkyl halides is 3. The molecule has 0 fully saturated rings. The molecular weight excluding hydrogens is 655 g/mol. The zero-order valence-electron chi connectivity index (χ0n) is 24.0. The minimum absolute atomic E-state index is 0.104. The van der Waals surface area contributed by atoms with Crippen LogP contribution in [0.15, 0.2) is 94.7 Å². The average Bonchev–Trinajstić information content (AvgIpc) is 2.96. The Morgan fingerprint density at radius 2 is 1.44 bits per heavy atom. The third-order valence-corrected chi connectivity index (χ3v) is 9.99. The molecule has 0 unspecified atom stereocenters. The molecule has 0 heterocycles. The molecule has 4 aromatic rings. The summed E-state index contributed by atoms with van der Waals surface area (Å²) in [5.41, 5.74) is 0.134. The Morgan fingerprint density at radius 1 is 0.844 bits per heavy atom. The quantitative estimate of drug-likeness (QED) is 0.194. The Hall–Kier alpha value is -4.27. The van der Waals surface area contributed by atoms with Gasteiger partial charge in [0, 0.05) is 5.69 Å². The van der Waals surface area contributed by atoms with Crippen LogP contribution < -0.4 is 19.1 Å². The summed E-state index contributed by atoms with van der Waals surface area (Å²) >= 11 is 5.74. The summed E-state index contributed by atoms with van der Waals surface area (Å²) < 4.78 is 102. The second-order valence-electron chi connectivity index (χ2n) is 9.87. The first-order valence-electron chi connectivity index (χ1n) is 13.0. The zero-order valence-corrected chi connectivity index (χ0v) is 26.4. The molecule has 0 aliphatic heterocycles. The normalized spacial score (nSPS) is 12.0. The molecule has 45 heavy (non-hydrogen) atoms. The summed E-state index contributed by atoms with van der Waals surface area (Å²) in [6.45, 7) is 2.59. The Morgan fingerprint density at radius 3 is 2.04 bits per heavy atom. The van der Waals surface area contributed by atoms with Crippen LogP contribution in [0.25, 0.3) is 0 Å². The predicted molar refractivity (Wildman–Crippen MR) is 166 cm³/mol. The van der Waals surface area contributed by atoms with Crippen LogP contribution >= 0.6 is 11.6 Å². The van der Waals surface area contributed by atoms with Gasteiger partial charge in [0.1, 0.15) is 12.3 Å². The van der Waals surface area contributed by atoms with Gasteiger partial charge in [0.2, 0.25) is 5.91 Å². The summed E-state index contributed by atoms with van der Waals surface area (Å²) in [5.74, 6) is -0.603. The maximum Gasteiger partial charge on any atom is 0.417 e. The number of nitrogens with zero attached hydrogens (tertiary/aromatic N) is 1. The first-order chi connectivity index (χ1) is 21.0. The minimum atomic E-state index is -4.89. The number of carbonyl (C=O) groups excluding carboxylic acids is 1. The topological polar surface area (TPSA) is 122 Å². The smallest absolute Gasteiger partial charge is 0.417 e. The van der Waals surface area contributed by atoms with Gasteiger partial charge in [-0.15, -0.1) is 0 Å². The lowest BCUT2D eigenvalue weighted by Crippen LogP contribution is -2.38. The Bertz CT molecular complexity index is 1940. The molecule has 15 heteroatoms. The van der Waals surface area contributed by atoms with E-state index in [1.165, 1.54) is 55.6 Å². The SMILES string of the molecule is COc1ccc(C)cc1NS(=O)(=O)c1ccc(NC(=O)CN(c2ccc(Cl)c(C(F)(F)F)c2)S(=O)(=O)c2ccc(C)cc2)cc1. The Kier molecular flexibility index (Phi) is 9.71. The molecule has 238 valence electrons. The van der Waals surface area contributed by atoms with Crippen molar-refractivity contribution >= 4 is 54.6 Å². The van der Waals surface area contributed by atoms with E-state index < -0.39 is 54.9 Å². The number of methoxy groups -OCH3 is 1. The van der Waals surface area contributed by atoms with Crippen molar-refractivity contribution in [3.05, 3.63) is 107 Å². The molecular formula is C30H27ClF3N3O6S2. The van der Waals surface area contributed by atoms with Gasteiger partial charge in [-0.3, -0.25) is 13.8 Å². The van der Waals surface area contributed by atoms with Crippen LogP contribution in [0.5, 0.6) is 5.75 Å². The molecule has 1 amide bonds. The summed E-state index contributed by atoms with van der Waals surface area (Å²) in [5, 5.41) is 1.81. The average molecular weight is 682 g/mol. The highest BCUT2D eigenvalue weighted by molar-refractivity contribution is 7.93. The van der Waals surface area contributed by atoms with Gasteiger partial charge >= 0.3 is 6.18 Å². The van der Waals surface area contributed by atoms with Gasteiger partial charge in [0.15, 0.2) is 0 Å². The van der Waals surface area contributed by atoms with Crippen LogP contribution in [0, 0.1) is 13.8 Å². The fourth-order valence-corrected chi connectivity index (χ4v) is 6.89. The number of rotatable bonds is 10. The largest absolute Gasteiger partial charge is 0.495 e. The van der Waals surface area contributed by atoms with Gasteiger partial charge in [-0.2, -0.15) is 13.2 Å². The number of aryl methyl sites for hydroxylation is 2. The summed E-state index contributed by atoms with van der Waals surface area (Å²) in [4.78, 5) is 12.7. The maximum atomic E-state index is 13.6. The summed E-state index contributed by atoms with van der Waals surface area (Å²) in [6, 6.07) is 18.0. The molecule has 0 aliphatic rings. The van der Waals surface area contributed by atoms with Crippen LogP contribution in [0.4, 0.5) is 30.2 Å². The van der Waals surface area contributed by atoms with E-state index in [0.717, 1.165) is 23.3 Å². The van der Waals surface area contributed by atoms with Gasteiger partial charge < -0.3 is 10.1 Å². The minimum Gasteiger partial charge on any atom is -0.495 e. The third-order valence-electron chi connectivity index (χ3n) is 6.49. The molecule has 0 saturated heterocycles. The molecule has 0 atom stereocenters. The fourth-order valence-electron chi connectivity index (χ4n) is 4.19. The molecule has 2 N–H and O–H groups in total. The maximum absolute atomic E-state index is 13.6. The molecule has 0 aliphatic carbocycles. The zero-order chi connectivity index (χ0) is 33.2. The van der Waals surface area contributed by atoms with Crippen molar-refractivity contribution in [2.24, 2.45) is 0 Å². The molecule has 9 nitrogen and oxygen atoms in total. The number of carbonyl (C=O) groups is 1. The summed E-state index contributed by atoms with van der Waals surface area (Å²) in [7, 11) is -7.20. The third kappa shape index (κ3) is 7.88. The molecule has 0 radical (unpaired) electrons. The van der Waals surface area contributed by atoms with E-state index >= 15 is 0 Å². The predicted octanol–water partition coefficient (Wildman–Crippen LogP) is 6.62. The molecule has 0 bridgehead atoms. The van der Waals surface area contributed by atoms with Crippen molar-refractivity contribution in [2.45, 2.75) is 29.8 Å².